The molecule has 2 aliphatic heterocycles. The summed E-state index contributed by atoms with van der Waals surface area (Å²) in [6.07, 6.45) is 7.44. The van der Waals surface area contributed by atoms with E-state index in [0.29, 0.717) is 11.7 Å². The van der Waals surface area contributed by atoms with Gasteiger partial charge in [-0.15, -0.1) is 5.10 Å². The molecule has 2 saturated heterocycles. The average molecular weight is 367 g/mol. The minimum Gasteiger partial charge on any atom is -0.381 e. The second-order valence-electron chi connectivity index (χ2n) is 7.88. The van der Waals surface area contributed by atoms with Gasteiger partial charge in [0.2, 0.25) is 0 Å². The predicted molar refractivity (Wildman–Crippen MR) is 102 cm³/mol. The number of amides is 1. The molecule has 7 nitrogen and oxygen atoms in total. The van der Waals surface area contributed by atoms with E-state index in [4.69, 9.17) is 4.74 Å². The minimum absolute atomic E-state index is 0.204. The molecule has 0 radical (unpaired) electrons. The first-order valence-electron chi connectivity index (χ1n) is 9.94. The third kappa shape index (κ3) is 3.20. The van der Waals surface area contributed by atoms with Gasteiger partial charge in [-0.3, -0.25) is 4.79 Å². The molecule has 1 amide bonds. The van der Waals surface area contributed by atoms with Crippen LogP contribution in [0.1, 0.15) is 48.6 Å². The van der Waals surface area contributed by atoms with Crippen LogP contribution in [0.5, 0.6) is 0 Å². The Kier molecular flexibility index (Phi) is 4.32. The monoisotopic (exact) mass is 367 g/mol. The molecule has 3 fully saturated rings. The van der Waals surface area contributed by atoms with Gasteiger partial charge in [0.05, 0.1) is 23.6 Å². The third-order valence-electron chi connectivity index (χ3n) is 6.18. The van der Waals surface area contributed by atoms with E-state index < -0.39 is 0 Å². The summed E-state index contributed by atoms with van der Waals surface area (Å²) in [6.45, 7) is 2.56. The maximum atomic E-state index is 12.8. The van der Waals surface area contributed by atoms with E-state index in [9.17, 15) is 4.79 Å². The van der Waals surface area contributed by atoms with Crippen molar-refractivity contribution < 1.29 is 9.53 Å². The number of carbonyl (C=O) groups is 1. The van der Waals surface area contributed by atoms with Gasteiger partial charge in [-0.2, -0.15) is 0 Å². The molecule has 1 aromatic carbocycles. The molecule has 1 N–H and O–H groups in total. The highest BCUT2D eigenvalue weighted by atomic mass is 16.5. The molecule has 2 aromatic rings. The van der Waals surface area contributed by atoms with Crippen molar-refractivity contribution in [2.24, 2.45) is 5.92 Å². The topological polar surface area (TPSA) is 72.3 Å². The van der Waals surface area contributed by atoms with Crippen molar-refractivity contribution in [3.05, 3.63) is 36.2 Å². The van der Waals surface area contributed by atoms with Crippen LogP contribution in [-0.2, 0) is 4.74 Å². The van der Waals surface area contributed by atoms with Crippen molar-refractivity contribution in [2.75, 3.05) is 30.0 Å². The number of nitrogens with one attached hydrogen (secondary N) is 1. The zero-order valence-corrected chi connectivity index (χ0v) is 15.4. The summed E-state index contributed by atoms with van der Waals surface area (Å²) in [5, 5.41) is 11.3. The summed E-state index contributed by atoms with van der Waals surface area (Å²) in [5.41, 5.74) is 2.34. The Morgan fingerprint density at radius 1 is 1.11 bits per heavy atom. The number of carbonyl (C=O) groups excluding carboxylic acids is 1. The van der Waals surface area contributed by atoms with Crippen molar-refractivity contribution in [1.29, 1.82) is 0 Å². The maximum Gasteiger partial charge on any atom is 0.277 e. The number of fused-ring (bicyclic) bond motifs is 2. The lowest BCUT2D eigenvalue weighted by atomic mass is 10.1. The number of hydrogen-bond donors (Lipinski definition) is 1. The summed E-state index contributed by atoms with van der Waals surface area (Å²) in [4.78, 5) is 15.2. The lowest BCUT2D eigenvalue weighted by Gasteiger charge is -2.30. The lowest BCUT2D eigenvalue weighted by Crippen LogP contribution is -2.32. The van der Waals surface area contributed by atoms with Crippen molar-refractivity contribution in [3.63, 3.8) is 0 Å². The molecule has 0 spiro atoms. The number of anilines is 2. The summed E-state index contributed by atoms with van der Waals surface area (Å²) < 4.78 is 7.20. The van der Waals surface area contributed by atoms with Crippen molar-refractivity contribution in [2.45, 2.75) is 44.2 Å². The molecule has 27 heavy (non-hydrogen) atoms. The summed E-state index contributed by atoms with van der Waals surface area (Å²) in [7, 11) is 0. The van der Waals surface area contributed by atoms with E-state index in [0.717, 1.165) is 49.9 Å². The minimum atomic E-state index is -0.204. The highest BCUT2D eigenvalue weighted by Gasteiger charge is 2.38. The van der Waals surface area contributed by atoms with Crippen LogP contribution in [-0.4, -0.2) is 46.7 Å². The summed E-state index contributed by atoms with van der Waals surface area (Å²) >= 11 is 0. The molecule has 3 aliphatic rings. The van der Waals surface area contributed by atoms with Crippen LogP contribution >= 0.6 is 0 Å². The second kappa shape index (κ2) is 6.96. The van der Waals surface area contributed by atoms with Gasteiger partial charge in [-0.05, 0) is 50.2 Å². The SMILES string of the molecule is O=C(Nc1ccccc1N1CC2CCC1C2)c1cn(C2CCOCC2)nn1. The van der Waals surface area contributed by atoms with E-state index in [1.165, 1.54) is 19.3 Å². The van der Waals surface area contributed by atoms with E-state index >= 15 is 0 Å². The van der Waals surface area contributed by atoms with Crippen LogP contribution in [0.4, 0.5) is 11.4 Å². The lowest BCUT2D eigenvalue weighted by molar-refractivity contribution is 0.0657. The normalized spacial score (nSPS) is 25.1. The molecule has 2 atom stereocenters. The number of piperidine rings is 1. The van der Waals surface area contributed by atoms with Gasteiger partial charge < -0.3 is 15.0 Å². The molecule has 5 rings (SSSR count). The molecule has 2 bridgehead atoms. The van der Waals surface area contributed by atoms with Gasteiger partial charge in [-0.25, -0.2) is 4.68 Å². The fourth-order valence-electron chi connectivity index (χ4n) is 4.74. The highest BCUT2D eigenvalue weighted by molar-refractivity contribution is 6.04. The zero-order valence-electron chi connectivity index (χ0n) is 15.4. The fourth-order valence-corrected chi connectivity index (χ4v) is 4.74. The van der Waals surface area contributed by atoms with E-state index in [2.05, 4.69) is 26.6 Å². The average Bonchev–Trinajstić information content (AvgIpc) is 3.46. The summed E-state index contributed by atoms with van der Waals surface area (Å²) in [5.74, 6) is 0.600. The predicted octanol–water partition coefficient (Wildman–Crippen LogP) is 2.87. The van der Waals surface area contributed by atoms with Crippen molar-refractivity contribution in [3.8, 4) is 0 Å². The van der Waals surface area contributed by atoms with Gasteiger partial charge in [0.15, 0.2) is 5.69 Å². The first-order chi connectivity index (χ1) is 13.3. The Bertz CT molecular complexity index is 829. The van der Waals surface area contributed by atoms with Gasteiger partial charge in [0.1, 0.15) is 0 Å². The number of nitrogens with zero attached hydrogens (tertiary/aromatic N) is 4. The Morgan fingerprint density at radius 3 is 2.74 bits per heavy atom. The quantitative estimate of drug-likeness (QED) is 0.900. The molecule has 7 heteroatoms. The van der Waals surface area contributed by atoms with Crippen LogP contribution in [0.3, 0.4) is 0 Å². The van der Waals surface area contributed by atoms with Crippen LogP contribution < -0.4 is 10.2 Å². The molecule has 142 valence electrons. The molecule has 3 heterocycles. The highest BCUT2D eigenvalue weighted by Crippen LogP contribution is 2.42. The molecule has 1 saturated carbocycles. The Balaban J connectivity index is 1.32. The fraction of sp³-hybridized carbons (Fsp3) is 0.550. The third-order valence-corrected chi connectivity index (χ3v) is 6.18. The summed E-state index contributed by atoms with van der Waals surface area (Å²) in [6, 6.07) is 8.96. The first-order valence-corrected chi connectivity index (χ1v) is 9.94. The van der Waals surface area contributed by atoms with E-state index in [-0.39, 0.29) is 11.9 Å². The van der Waals surface area contributed by atoms with Gasteiger partial charge in [-0.1, -0.05) is 17.3 Å². The number of rotatable bonds is 4. The van der Waals surface area contributed by atoms with Crippen molar-refractivity contribution >= 4 is 17.3 Å². The molecular weight excluding hydrogens is 342 g/mol. The van der Waals surface area contributed by atoms with Gasteiger partial charge in [0.25, 0.3) is 5.91 Å². The van der Waals surface area contributed by atoms with Gasteiger partial charge >= 0.3 is 0 Å². The molecule has 1 aromatic heterocycles. The van der Waals surface area contributed by atoms with Crippen molar-refractivity contribution in [1.82, 2.24) is 15.0 Å². The Labute approximate surface area is 158 Å². The molecule has 2 unspecified atom stereocenters. The first kappa shape index (κ1) is 16.7. The Hall–Kier alpha value is -2.41. The van der Waals surface area contributed by atoms with Crippen LogP contribution in [0.2, 0.25) is 0 Å². The zero-order chi connectivity index (χ0) is 18.2. The van der Waals surface area contributed by atoms with Crippen LogP contribution in [0.15, 0.2) is 30.5 Å². The number of ether oxygens (including phenoxy) is 1. The number of hydrogen-bond acceptors (Lipinski definition) is 5. The number of aromatic nitrogens is 3. The van der Waals surface area contributed by atoms with Crippen LogP contribution in [0.25, 0.3) is 0 Å². The molecule has 1 aliphatic carbocycles. The standard InChI is InChI=1S/C20H25N5O2/c26-20(18-13-25(23-22-18)15-7-9-27-10-8-15)21-17-3-1-2-4-19(17)24-12-14-5-6-16(24)11-14/h1-4,13-16H,5-12H2,(H,21,26). The number of benzene rings is 1. The second-order valence-corrected chi connectivity index (χ2v) is 7.88. The Morgan fingerprint density at radius 2 is 1.96 bits per heavy atom. The number of para-hydroxylation sites is 2. The maximum absolute atomic E-state index is 12.8. The van der Waals surface area contributed by atoms with E-state index in [1.807, 2.05) is 22.9 Å². The van der Waals surface area contributed by atoms with E-state index in [1.54, 1.807) is 6.20 Å². The van der Waals surface area contributed by atoms with Gasteiger partial charge in [0, 0.05) is 25.8 Å². The molecular formula is C20H25N5O2. The van der Waals surface area contributed by atoms with Crippen LogP contribution in [0, 0.1) is 5.92 Å². The largest absolute Gasteiger partial charge is 0.381 e. The smallest absolute Gasteiger partial charge is 0.277 e.